The molecule has 0 aromatic carbocycles. The maximum atomic E-state index is 10.2. The van der Waals surface area contributed by atoms with Gasteiger partial charge in [-0.25, -0.2) is 0 Å². The number of aliphatic hydroxyl groups excluding tert-OH is 1. The van der Waals surface area contributed by atoms with Crippen molar-refractivity contribution in [2.45, 2.75) is 6.10 Å². The van der Waals surface area contributed by atoms with E-state index in [1.807, 2.05) is 0 Å². The summed E-state index contributed by atoms with van der Waals surface area (Å²) >= 11 is 0. The average molecular weight is 132 g/mol. The fourth-order valence-corrected chi connectivity index (χ4v) is 0.624. The number of hydrazine groups is 1. The molecule has 6 heteroatoms. The Balaban J connectivity index is 2.32. The van der Waals surface area contributed by atoms with Crippen molar-refractivity contribution in [1.29, 1.82) is 0 Å². The fourth-order valence-electron chi connectivity index (χ4n) is 0.624. The standard InChI is InChI=1S/C3H7N3O3/c7-3-1-5(2-3)6(9)4-8/h3,7-8H,1-2H2/p-1/b6-4-. The second-order valence-corrected chi connectivity index (χ2v) is 1.86. The Morgan fingerprint density at radius 3 is 2.56 bits per heavy atom. The maximum Gasteiger partial charge on any atom is 0.105 e. The molecule has 52 valence electrons. The number of β-amino-alcohol motifs (C(OH)–C–C–N with tert-alkyl or cyclic N) is 1. The summed E-state index contributed by atoms with van der Waals surface area (Å²) in [7, 11) is 0. The number of hydrogen-bond acceptors (Lipinski definition) is 4. The van der Waals surface area contributed by atoms with Crippen LogP contribution in [0.25, 0.3) is 0 Å². The first-order chi connectivity index (χ1) is 4.24. The minimum absolute atomic E-state index is 0.0628. The summed E-state index contributed by atoms with van der Waals surface area (Å²) in [5, 5.41) is 31.5. The van der Waals surface area contributed by atoms with Crippen LogP contribution < -0.4 is 0 Å². The van der Waals surface area contributed by atoms with E-state index in [-0.39, 0.29) is 18.1 Å². The Bertz CT molecular complexity index is 130. The second kappa shape index (κ2) is 2.06. The number of aliphatic hydroxyl groups is 1. The van der Waals surface area contributed by atoms with Crippen LogP contribution in [0.2, 0.25) is 0 Å². The van der Waals surface area contributed by atoms with E-state index in [2.05, 4.69) is 5.28 Å². The molecule has 1 fully saturated rings. The molecule has 0 aromatic rings. The number of rotatable bonds is 1. The molecule has 0 spiro atoms. The van der Waals surface area contributed by atoms with E-state index in [4.69, 9.17) is 5.11 Å². The van der Waals surface area contributed by atoms with Crippen LogP contribution in [0.1, 0.15) is 0 Å². The lowest BCUT2D eigenvalue weighted by Gasteiger charge is -2.31. The largest absolute Gasteiger partial charge is 0.737 e. The topological polar surface area (TPSA) is 85.0 Å². The van der Waals surface area contributed by atoms with Crippen LogP contribution in [-0.4, -0.2) is 34.3 Å². The predicted molar refractivity (Wildman–Crippen MR) is 27.0 cm³/mol. The fraction of sp³-hybridized carbons (Fsp3) is 1.00. The zero-order valence-corrected chi connectivity index (χ0v) is 4.60. The summed E-state index contributed by atoms with van der Waals surface area (Å²) in [5.74, 6) is 0. The highest BCUT2D eigenvalue weighted by Crippen LogP contribution is 2.06. The van der Waals surface area contributed by atoms with Crippen LogP contribution in [0.3, 0.4) is 0 Å². The monoisotopic (exact) mass is 132 g/mol. The summed E-state index contributed by atoms with van der Waals surface area (Å²) < 4.78 is 0. The zero-order chi connectivity index (χ0) is 6.85. The smallest absolute Gasteiger partial charge is 0.105 e. The molecule has 1 heterocycles. The highest BCUT2D eigenvalue weighted by Gasteiger charge is 2.30. The van der Waals surface area contributed by atoms with Gasteiger partial charge in [-0.15, -0.1) is 5.01 Å². The molecule has 1 aliphatic rings. The van der Waals surface area contributed by atoms with Crippen molar-refractivity contribution < 1.29 is 10.1 Å². The molecular formula is C3H6N3O3-. The zero-order valence-electron chi connectivity index (χ0n) is 4.60. The Kier molecular flexibility index (Phi) is 1.39. The lowest BCUT2D eigenvalue weighted by Crippen LogP contribution is -2.53. The van der Waals surface area contributed by atoms with Crippen LogP contribution in [0.5, 0.6) is 0 Å². The van der Waals surface area contributed by atoms with E-state index in [0.29, 0.717) is 0 Å². The van der Waals surface area contributed by atoms with Crippen molar-refractivity contribution in [1.82, 2.24) is 5.01 Å². The van der Waals surface area contributed by atoms with E-state index >= 15 is 0 Å². The molecule has 9 heavy (non-hydrogen) atoms. The molecule has 0 radical (unpaired) electrons. The van der Waals surface area contributed by atoms with Gasteiger partial charge in [0, 0.05) is 4.97 Å². The molecule has 0 aliphatic carbocycles. The van der Waals surface area contributed by atoms with Gasteiger partial charge in [0.05, 0.1) is 0 Å². The van der Waals surface area contributed by atoms with Crippen LogP contribution in [0.15, 0.2) is 5.28 Å². The van der Waals surface area contributed by atoms with E-state index in [0.717, 1.165) is 5.01 Å². The SMILES string of the molecule is [O-]/N=[N+](\[O-])N1CC(O)C1. The molecule has 6 nitrogen and oxygen atoms in total. The van der Waals surface area contributed by atoms with Crippen molar-refractivity contribution in [3.8, 4) is 0 Å². The molecule has 1 N–H and O–H groups in total. The van der Waals surface area contributed by atoms with Gasteiger partial charge in [-0.2, -0.15) is 0 Å². The predicted octanol–water partition coefficient (Wildman–Crippen LogP) is -0.962. The molecule has 0 bridgehead atoms. The number of hydrogen-bond donors (Lipinski definition) is 1. The summed E-state index contributed by atoms with van der Waals surface area (Å²) in [4.78, 5) is -0.0628. The average Bonchev–Trinajstić information content (AvgIpc) is 1.79. The van der Waals surface area contributed by atoms with Crippen LogP contribution in [0.4, 0.5) is 0 Å². The molecule has 0 amide bonds. The number of nitrogens with zero attached hydrogens (tertiary/aromatic N) is 3. The second-order valence-electron chi connectivity index (χ2n) is 1.86. The van der Waals surface area contributed by atoms with Gasteiger partial charge in [-0.05, 0) is 5.28 Å². The van der Waals surface area contributed by atoms with Gasteiger partial charge in [-0.3, -0.25) is 0 Å². The lowest BCUT2D eigenvalue weighted by atomic mass is 10.2. The normalized spacial score (nSPS) is 21.9. The third-order valence-corrected chi connectivity index (χ3v) is 1.15. The summed E-state index contributed by atoms with van der Waals surface area (Å²) in [5.41, 5.74) is 0. The van der Waals surface area contributed by atoms with Crippen LogP contribution >= 0.6 is 0 Å². The highest BCUT2D eigenvalue weighted by molar-refractivity contribution is 4.70. The Labute approximate surface area is 51.1 Å². The van der Waals surface area contributed by atoms with Gasteiger partial charge in [0.25, 0.3) is 0 Å². The van der Waals surface area contributed by atoms with Crippen molar-refractivity contribution >= 4 is 0 Å². The van der Waals surface area contributed by atoms with Crippen LogP contribution in [0, 0.1) is 10.4 Å². The van der Waals surface area contributed by atoms with Gasteiger partial charge in [0.15, 0.2) is 0 Å². The first-order valence-electron chi connectivity index (χ1n) is 2.47. The van der Waals surface area contributed by atoms with E-state index in [1.54, 1.807) is 0 Å². The summed E-state index contributed by atoms with van der Waals surface area (Å²) in [6.45, 7) is 0.407. The molecule has 0 saturated carbocycles. The quantitative estimate of drug-likeness (QED) is 0.283. The van der Waals surface area contributed by atoms with Crippen LogP contribution in [-0.2, 0) is 0 Å². The maximum absolute atomic E-state index is 10.2. The third kappa shape index (κ3) is 1.02. The molecule has 1 aliphatic heterocycles. The van der Waals surface area contributed by atoms with Gasteiger partial charge in [0.1, 0.15) is 19.2 Å². The Hall–Kier alpha value is -1.04. The molecule has 0 unspecified atom stereocenters. The minimum atomic E-state index is -0.483. The summed E-state index contributed by atoms with van der Waals surface area (Å²) in [6.07, 6.45) is -0.483. The van der Waals surface area contributed by atoms with Gasteiger partial charge in [0.2, 0.25) is 0 Å². The molecular weight excluding hydrogens is 126 g/mol. The molecule has 0 aromatic heterocycles. The minimum Gasteiger partial charge on any atom is -0.737 e. The van der Waals surface area contributed by atoms with E-state index in [1.165, 1.54) is 0 Å². The molecule has 1 saturated heterocycles. The van der Waals surface area contributed by atoms with E-state index in [9.17, 15) is 10.4 Å². The Morgan fingerprint density at radius 2 is 2.22 bits per heavy atom. The van der Waals surface area contributed by atoms with Gasteiger partial charge in [-0.1, -0.05) is 0 Å². The summed E-state index contributed by atoms with van der Waals surface area (Å²) in [6, 6.07) is 0. The molecule has 0 atom stereocenters. The lowest BCUT2D eigenvalue weighted by molar-refractivity contribution is -0.707. The third-order valence-electron chi connectivity index (χ3n) is 1.15. The van der Waals surface area contributed by atoms with Crippen molar-refractivity contribution in [2.24, 2.45) is 5.28 Å². The highest BCUT2D eigenvalue weighted by atomic mass is 16.6. The van der Waals surface area contributed by atoms with Crippen molar-refractivity contribution in [3.63, 3.8) is 0 Å². The first-order valence-corrected chi connectivity index (χ1v) is 2.47. The van der Waals surface area contributed by atoms with E-state index < -0.39 is 6.10 Å². The molecule has 1 rings (SSSR count). The van der Waals surface area contributed by atoms with Gasteiger partial charge < -0.3 is 15.5 Å². The Morgan fingerprint density at radius 1 is 1.67 bits per heavy atom. The van der Waals surface area contributed by atoms with Crippen molar-refractivity contribution in [3.05, 3.63) is 10.4 Å². The van der Waals surface area contributed by atoms with Gasteiger partial charge >= 0.3 is 0 Å². The van der Waals surface area contributed by atoms with Crippen molar-refractivity contribution in [2.75, 3.05) is 13.1 Å². The first kappa shape index (κ1) is 6.09.